The number of hydrogen-bond acceptors (Lipinski definition) is 5. The molecule has 1 aliphatic rings. The highest BCUT2D eigenvalue weighted by atomic mass is 16.7. The van der Waals surface area contributed by atoms with Crippen LogP contribution >= 0.6 is 0 Å². The number of benzene rings is 3. The molecule has 0 aliphatic carbocycles. The van der Waals surface area contributed by atoms with E-state index in [1.807, 2.05) is 54.6 Å². The molecule has 0 atom stereocenters. The van der Waals surface area contributed by atoms with Gasteiger partial charge in [0.15, 0.2) is 11.5 Å². The first kappa shape index (κ1) is 21.0. The number of aryl methyl sites for hydroxylation is 1. The van der Waals surface area contributed by atoms with Gasteiger partial charge in [-0.15, -0.1) is 0 Å². The number of para-hydroxylation sites is 1. The average Bonchev–Trinajstić information content (AvgIpc) is 3.41. The highest BCUT2D eigenvalue weighted by Crippen LogP contribution is 2.35. The molecule has 0 amide bonds. The minimum absolute atomic E-state index is 0.0717. The number of hydrogen-bond donors (Lipinski definition) is 1. The molecule has 0 bridgehead atoms. The Morgan fingerprint density at radius 2 is 1.55 bits per heavy atom. The molecular formula is C26H25NO6. The quantitative estimate of drug-likeness (QED) is 0.335. The number of carboxylic acids is 1. The maximum Gasteiger partial charge on any atom is 0.305 e. The van der Waals surface area contributed by atoms with Gasteiger partial charge in [-0.25, -0.2) is 0 Å². The Morgan fingerprint density at radius 3 is 2.36 bits per heavy atom. The number of ether oxygens (including phenoxy) is 4. The minimum atomic E-state index is -0.809. The first-order valence-corrected chi connectivity index (χ1v) is 11.1. The van der Waals surface area contributed by atoms with Gasteiger partial charge in [0.2, 0.25) is 6.79 Å². The number of carbonyl (C=O) groups is 1. The van der Waals surface area contributed by atoms with Gasteiger partial charge in [0, 0.05) is 35.0 Å². The van der Waals surface area contributed by atoms with Crippen LogP contribution in [-0.2, 0) is 11.3 Å². The number of nitrogens with zero attached hydrogens (tertiary/aromatic N) is 1. The lowest BCUT2D eigenvalue weighted by atomic mass is 10.1. The average molecular weight is 447 g/mol. The molecule has 7 nitrogen and oxygen atoms in total. The first-order valence-electron chi connectivity index (χ1n) is 11.1. The molecule has 3 aromatic carbocycles. The molecule has 1 N–H and O–H groups in total. The van der Waals surface area contributed by atoms with Crippen molar-refractivity contribution in [2.24, 2.45) is 0 Å². The van der Waals surface area contributed by atoms with E-state index in [1.54, 1.807) is 0 Å². The van der Waals surface area contributed by atoms with Crippen LogP contribution in [0.4, 0.5) is 0 Å². The Morgan fingerprint density at radius 1 is 0.848 bits per heavy atom. The fourth-order valence-electron chi connectivity index (χ4n) is 4.12. The second-order valence-electron chi connectivity index (χ2n) is 7.91. The number of fused-ring (bicyclic) bond motifs is 4. The van der Waals surface area contributed by atoms with Crippen LogP contribution in [-0.4, -0.2) is 35.6 Å². The van der Waals surface area contributed by atoms with Crippen molar-refractivity contribution in [1.29, 1.82) is 0 Å². The third-order valence-electron chi connectivity index (χ3n) is 5.71. The fourth-order valence-corrected chi connectivity index (χ4v) is 4.12. The molecule has 0 unspecified atom stereocenters. The zero-order valence-electron chi connectivity index (χ0n) is 18.2. The van der Waals surface area contributed by atoms with Crippen molar-refractivity contribution >= 4 is 27.8 Å². The van der Waals surface area contributed by atoms with Crippen LogP contribution in [0.2, 0.25) is 0 Å². The van der Waals surface area contributed by atoms with Crippen molar-refractivity contribution in [3.63, 3.8) is 0 Å². The Labute approximate surface area is 191 Å². The van der Waals surface area contributed by atoms with Crippen LogP contribution in [0.3, 0.4) is 0 Å². The molecule has 4 aromatic rings. The van der Waals surface area contributed by atoms with Crippen molar-refractivity contribution < 1.29 is 28.8 Å². The van der Waals surface area contributed by atoms with Crippen molar-refractivity contribution in [3.05, 3.63) is 60.7 Å². The van der Waals surface area contributed by atoms with Crippen molar-refractivity contribution in [1.82, 2.24) is 4.57 Å². The Bertz CT molecular complexity index is 1290. The van der Waals surface area contributed by atoms with E-state index in [2.05, 4.69) is 10.6 Å². The molecule has 1 aromatic heterocycles. The molecule has 1 aliphatic heterocycles. The summed E-state index contributed by atoms with van der Waals surface area (Å²) in [6.07, 6.45) is 1.78. The molecule has 0 spiro atoms. The van der Waals surface area contributed by atoms with E-state index in [4.69, 9.17) is 24.1 Å². The van der Waals surface area contributed by atoms with Gasteiger partial charge in [-0.05, 0) is 43.2 Å². The molecule has 7 heteroatoms. The van der Waals surface area contributed by atoms with Crippen LogP contribution < -0.4 is 18.9 Å². The van der Waals surface area contributed by atoms with E-state index in [0.717, 1.165) is 51.9 Å². The maximum absolute atomic E-state index is 11.1. The minimum Gasteiger partial charge on any atom is -0.494 e. The molecule has 0 saturated heterocycles. The van der Waals surface area contributed by atoms with E-state index >= 15 is 0 Å². The van der Waals surface area contributed by atoms with Gasteiger partial charge in [0.1, 0.15) is 11.5 Å². The summed E-state index contributed by atoms with van der Waals surface area (Å²) in [5.74, 6) is 2.19. The van der Waals surface area contributed by atoms with E-state index < -0.39 is 5.97 Å². The molecule has 0 radical (unpaired) electrons. The highest BCUT2D eigenvalue weighted by molar-refractivity contribution is 6.08. The fraction of sp³-hybridized carbons (Fsp3) is 0.269. The number of rotatable bonds is 10. The zero-order chi connectivity index (χ0) is 22.6. The Balaban J connectivity index is 1.18. The second kappa shape index (κ2) is 9.32. The SMILES string of the molecule is O=C(O)CCn1c2ccccc2c2ccc(OCCCCOc3ccc4c(c3)OCO4)cc21. The molecule has 5 rings (SSSR count). The van der Waals surface area contributed by atoms with Crippen LogP contribution in [0.15, 0.2) is 60.7 Å². The van der Waals surface area contributed by atoms with Crippen molar-refractivity contribution in [3.8, 4) is 23.0 Å². The van der Waals surface area contributed by atoms with Gasteiger partial charge in [-0.3, -0.25) is 4.79 Å². The Hall–Kier alpha value is -3.87. The van der Waals surface area contributed by atoms with E-state index in [1.165, 1.54) is 0 Å². The predicted octanol–water partition coefficient (Wildman–Crippen LogP) is 5.24. The summed E-state index contributed by atoms with van der Waals surface area (Å²) in [6, 6.07) is 19.7. The van der Waals surface area contributed by atoms with Crippen LogP contribution in [0, 0.1) is 0 Å². The van der Waals surface area contributed by atoms with Gasteiger partial charge in [-0.2, -0.15) is 0 Å². The lowest BCUT2D eigenvalue weighted by Crippen LogP contribution is -2.05. The van der Waals surface area contributed by atoms with E-state index in [9.17, 15) is 4.79 Å². The summed E-state index contributed by atoms with van der Waals surface area (Å²) in [5.41, 5.74) is 2.02. The molecule has 2 heterocycles. The molecular weight excluding hydrogens is 422 g/mol. The summed E-state index contributed by atoms with van der Waals surface area (Å²) in [5, 5.41) is 11.4. The zero-order valence-corrected chi connectivity index (χ0v) is 18.2. The summed E-state index contributed by atoms with van der Waals surface area (Å²) in [4.78, 5) is 11.1. The van der Waals surface area contributed by atoms with E-state index in [-0.39, 0.29) is 13.2 Å². The monoisotopic (exact) mass is 447 g/mol. The lowest BCUT2D eigenvalue weighted by molar-refractivity contribution is -0.137. The highest BCUT2D eigenvalue weighted by Gasteiger charge is 2.14. The van der Waals surface area contributed by atoms with Gasteiger partial charge in [0.05, 0.1) is 25.2 Å². The standard InChI is InChI=1S/C26H25NO6/c28-26(29)11-12-27-22-6-2-1-5-20(22)21-9-7-18(15-23(21)27)30-13-3-4-14-31-19-8-10-24-25(16-19)33-17-32-24/h1-2,5-10,15-16H,3-4,11-14,17H2,(H,28,29). The smallest absolute Gasteiger partial charge is 0.305 e. The molecule has 0 saturated carbocycles. The number of carboxylic acid groups (broad SMARTS) is 1. The first-order chi connectivity index (χ1) is 16.2. The maximum atomic E-state index is 11.1. The lowest BCUT2D eigenvalue weighted by Gasteiger charge is -2.10. The van der Waals surface area contributed by atoms with Gasteiger partial charge >= 0.3 is 5.97 Å². The van der Waals surface area contributed by atoms with Crippen molar-refractivity contribution in [2.75, 3.05) is 20.0 Å². The van der Waals surface area contributed by atoms with Crippen LogP contribution in [0.1, 0.15) is 19.3 Å². The summed E-state index contributed by atoms with van der Waals surface area (Å²) in [7, 11) is 0. The number of aliphatic carboxylic acids is 1. The van der Waals surface area contributed by atoms with E-state index in [0.29, 0.717) is 25.5 Å². The predicted molar refractivity (Wildman–Crippen MR) is 124 cm³/mol. The van der Waals surface area contributed by atoms with Crippen LogP contribution in [0.25, 0.3) is 21.8 Å². The van der Waals surface area contributed by atoms with Gasteiger partial charge in [0.25, 0.3) is 0 Å². The number of aromatic nitrogens is 1. The number of unbranched alkanes of at least 4 members (excludes halogenated alkanes) is 1. The third-order valence-corrected chi connectivity index (χ3v) is 5.71. The second-order valence-corrected chi connectivity index (χ2v) is 7.91. The van der Waals surface area contributed by atoms with Crippen LogP contribution in [0.5, 0.6) is 23.0 Å². The Kier molecular flexibility index (Phi) is 5.93. The largest absolute Gasteiger partial charge is 0.494 e. The molecule has 170 valence electrons. The normalized spacial score (nSPS) is 12.4. The summed E-state index contributed by atoms with van der Waals surface area (Å²) in [6.45, 7) is 1.83. The van der Waals surface area contributed by atoms with Gasteiger partial charge < -0.3 is 28.6 Å². The van der Waals surface area contributed by atoms with Crippen molar-refractivity contribution in [2.45, 2.75) is 25.8 Å². The third kappa shape index (κ3) is 4.53. The molecule has 0 fully saturated rings. The molecule has 33 heavy (non-hydrogen) atoms. The summed E-state index contributed by atoms with van der Waals surface area (Å²) < 4.78 is 24.5. The topological polar surface area (TPSA) is 79.2 Å². The van der Waals surface area contributed by atoms with Gasteiger partial charge in [-0.1, -0.05) is 18.2 Å². The summed E-state index contributed by atoms with van der Waals surface area (Å²) >= 11 is 0.